The number of hydrogen-bond acceptors (Lipinski definition) is 4. The van der Waals surface area contributed by atoms with Crippen molar-refractivity contribution in [2.75, 3.05) is 18.0 Å². The number of aryl methyl sites for hydroxylation is 2. The molecule has 0 saturated carbocycles. The predicted molar refractivity (Wildman–Crippen MR) is 101 cm³/mol. The Hall–Kier alpha value is -2.63. The number of pyridine rings is 1. The lowest BCUT2D eigenvalue weighted by atomic mass is 9.79. The number of aromatic nitrogens is 1. The third kappa shape index (κ3) is 2.52. The Balaban J connectivity index is 1.60. The Kier molecular flexibility index (Phi) is 3.86. The number of urea groups is 1. The zero-order chi connectivity index (χ0) is 18.5. The fourth-order valence-corrected chi connectivity index (χ4v) is 4.40. The van der Waals surface area contributed by atoms with Crippen molar-refractivity contribution < 1.29 is 9.59 Å². The largest absolute Gasteiger partial charge is 0.371 e. The molecule has 0 radical (unpaired) electrons. The fourth-order valence-electron chi connectivity index (χ4n) is 4.40. The molecular weight excluding hydrogens is 328 g/mol. The Morgan fingerprint density at radius 3 is 2.54 bits per heavy atom. The second-order valence-corrected chi connectivity index (χ2v) is 7.63. The quantitative estimate of drug-likeness (QED) is 0.815. The molecule has 1 atom stereocenters. The number of nitrogens with zero attached hydrogens (tertiary/aromatic N) is 2. The van der Waals surface area contributed by atoms with Crippen molar-refractivity contribution in [3.63, 3.8) is 0 Å². The van der Waals surface area contributed by atoms with Gasteiger partial charge < -0.3 is 10.2 Å². The molecule has 3 amide bonds. The van der Waals surface area contributed by atoms with Gasteiger partial charge in [0.15, 0.2) is 0 Å². The Morgan fingerprint density at radius 1 is 1.15 bits per heavy atom. The molecule has 3 heterocycles. The van der Waals surface area contributed by atoms with Crippen LogP contribution in [0.1, 0.15) is 30.9 Å². The lowest BCUT2D eigenvalue weighted by molar-refractivity contribution is -0.125. The summed E-state index contributed by atoms with van der Waals surface area (Å²) in [5.74, 6) is -0.0672. The standard InChI is InChI=1S/C20H24N4O2/c1-12-5-4-6-15-16(12)21-11-13(2)17(15)24-9-7-14(8-10-24)20(3)18(25)22-19(26)23-20/h4-6,11,14H,7-10H2,1-3H3,(H2,22,23,25,26). The molecule has 136 valence electrons. The molecule has 0 spiro atoms. The third-order valence-corrected chi connectivity index (χ3v) is 5.95. The van der Waals surface area contributed by atoms with Gasteiger partial charge in [0.25, 0.3) is 5.91 Å². The monoisotopic (exact) mass is 352 g/mol. The molecule has 0 bridgehead atoms. The first-order valence-electron chi connectivity index (χ1n) is 9.13. The van der Waals surface area contributed by atoms with Crippen LogP contribution in [0.25, 0.3) is 10.9 Å². The fraction of sp³-hybridized carbons (Fsp3) is 0.450. The van der Waals surface area contributed by atoms with Crippen molar-refractivity contribution >= 4 is 28.5 Å². The minimum atomic E-state index is -0.797. The highest BCUT2D eigenvalue weighted by Crippen LogP contribution is 2.36. The van der Waals surface area contributed by atoms with Crippen LogP contribution >= 0.6 is 0 Å². The van der Waals surface area contributed by atoms with E-state index in [0.29, 0.717) is 0 Å². The van der Waals surface area contributed by atoms with Gasteiger partial charge in [-0.2, -0.15) is 0 Å². The Labute approximate surface area is 153 Å². The van der Waals surface area contributed by atoms with Crippen molar-refractivity contribution in [2.24, 2.45) is 5.92 Å². The van der Waals surface area contributed by atoms with Crippen LogP contribution < -0.4 is 15.5 Å². The summed E-state index contributed by atoms with van der Waals surface area (Å²) in [6, 6.07) is 5.92. The summed E-state index contributed by atoms with van der Waals surface area (Å²) >= 11 is 0. The second kappa shape index (κ2) is 5.97. The SMILES string of the molecule is Cc1cnc2c(C)cccc2c1N1CCC(C2(C)NC(=O)NC2=O)CC1. The highest BCUT2D eigenvalue weighted by Gasteiger charge is 2.48. The van der Waals surface area contributed by atoms with Gasteiger partial charge in [-0.15, -0.1) is 0 Å². The molecule has 26 heavy (non-hydrogen) atoms. The zero-order valence-corrected chi connectivity index (χ0v) is 15.4. The number of fused-ring (bicyclic) bond motifs is 1. The van der Waals surface area contributed by atoms with Crippen LogP contribution in [0.3, 0.4) is 0 Å². The highest BCUT2D eigenvalue weighted by molar-refractivity contribution is 6.07. The maximum Gasteiger partial charge on any atom is 0.322 e. The number of carbonyl (C=O) groups is 2. The number of benzene rings is 1. The van der Waals surface area contributed by atoms with Gasteiger partial charge in [-0.3, -0.25) is 15.1 Å². The first-order chi connectivity index (χ1) is 12.4. The molecule has 2 fully saturated rings. The summed E-state index contributed by atoms with van der Waals surface area (Å²) in [7, 11) is 0. The van der Waals surface area contributed by atoms with E-state index in [0.717, 1.165) is 31.4 Å². The number of carbonyl (C=O) groups excluding carboxylic acids is 2. The van der Waals surface area contributed by atoms with Gasteiger partial charge in [-0.1, -0.05) is 18.2 Å². The summed E-state index contributed by atoms with van der Waals surface area (Å²) in [6.45, 7) is 7.74. The molecule has 6 heteroatoms. The van der Waals surface area contributed by atoms with Crippen LogP contribution in [0.15, 0.2) is 24.4 Å². The van der Waals surface area contributed by atoms with Gasteiger partial charge in [0.05, 0.1) is 11.2 Å². The van der Waals surface area contributed by atoms with Crippen LogP contribution in [0.4, 0.5) is 10.5 Å². The molecular formula is C20H24N4O2. The van der Waals surface area contributed by atoms with E-state index < -0.39 is 5.54 Å². The van der Waals surface area contributed by atoms with Gasteiger partial charge in [-0.05, 0) is 50.7 Å². The molecule has 0 aliphatic carbocycles. The summed E-state index contributed by atoms with van der Waals surface area (Å²) < 4.78 is 0. The van der Waals surface area contributed by atoms with E-state index in [4.69, 9.17) is 0 Å². The lowest BCUT2D eigenvalue weighted by Gasteiger charge is -2.40. The van der Waals surface area contributed by atoms with Crippen molar-refractivity contribution in [3.8, 4) is 0 Å². The molecule has 1 unspecified atom stereocenters. The summed E-state index contributed by atoms with van der Waals surface area (Å²) in [5, 5.41) is 6.38. The van der Waals surface area contributed by atoms with Crippen LogP contribution in [-0.4, -0.2) is 35.6 Å². The first-order valence-corrected chi connectivity index (χ1v) is 9.13. The van der Waals surface area contributed by atoms with Crippen LogP contribution in [0, 0.1) is 19.8 Å². The number of hydrogen-bond donors (Lipinski definition) is 2. The molecule has 4 rings (SSSR count). The number of piperidine rings is 1. The average Bonchev–Trinajstić information content (AvgIpc) is 2.88. The van der Waals surface area contributed by atoms with Gasteiger partial charge >= 0.3 is 6.03 Å². The summed E-state index contributed by atoms with van der Waals surface area (Å²) in [6.07, 6.45) is 3.67. The molecule has 2 N–H and O–H groups in total. The first kappa shape index (κ1) is 16.8. The van der Waals surface area contributed by atoms with E-state index in [2.05, 4.69) is 52.6 Å². The maximum absolute atomic E-state index is 12.2. The van der Waals surface area contributed by atoms with E-state index in [1.807, 2.05) is 13.1 Å². The lowest BCUT2D eigenvalue weighted by Crippen LogP contribution is -2.53. The molecule has 2 aliphatic heterocycles. The van der Waals surface area contributed by atoms with E-state index in [1.165, 1.54) is 22.2 Å². The zero-order valence-electron chi connectivity index (χ0n) is 15.4. The molecule has 1 aromatic heterocycles. The molecule has 2 saturated heterocycles. The van der Waals surface area contributed by atoms with E-state index in [-0.39, 0.29) is 17.9 Å². The minimum Gasteiger partial charge on any atom is -0.371 e. The molecule has 2 aliphatic rings. The smallest absolute Gasteiger partial charge is 0.322 e. The minimum absolute atomic E-state index is 0.139. The normalized spacial score (nSPS) is 24.0. The number of nitrogens with one attached hydrogen (secondary N) is 2. The predicted octanol–water partition coefficient (Wildman–Crippen LogP) is 2.67. The molecule has 1 aromatic carbocycles. The van der Waals surface area contributed by atoms with Crippen molar-refractivity contribution in [3.05, 3.63) is 35.5 Å². The number of rotatable bonds is 2. The molecule has 2 aromatic rings. The van der Waals surface area contributed by atoms with E-state index in [1.54, 1.807) is 0 Å². The van der Waals surface area contributed by atoms with E-state index >= 15 is 0 Å². The Bertz CT molecular complexity index is 902. The van der Waals surface area contributed by atoms with Crippen LogP contribution in [0.5, 0.6) is 0 Å². The average molecular weight is 352 g/mol. The maximum atomic E-state index is 12.2. The van der Waals surface area contributed by atoms with E-state index in [9.17, 15) is 9.59 Å². The Morgan fingerprint density at radius 2 is 1.88 bits per heavy atom. The van der Waals surface area contributed by atoms with Gasteiger partial charge in [0.2, 0.25) is 0 Å². The van der Waals surface area contributed by atoms with Crippen LogP contribution in [-0.2, 0) is 4.79 Å². The third-order valence-electron chi connectivity index (χ3n) is 5.95. The summed E-state index contributed by atoms with van der Waals surface area (Å²) in [4.78, 5) is 30.8. The van der Waals surface area contributed by atoms with Gasteiger partial charge in [0.1, 0.15) is 5.54 Å². The summed E-state index contributed by atoms with van der Waals surface area (Å²) in [5.41, 5.74) is 3.83. The van der Waals surface area contributed by atoms with Crippen molar-refractivity contribution in [2.45, 2.75) is 39.2 Å². The molecule has 6 nitrogen and oxygen atoms in total. The van der Waals surface area contributed by atoms with Gasteiger partial charge in [0, 0.05) is 24.7 Å². The number of imide groups is 1. The van der Waals surface area contributed by atoms with Crippen molar-refractivity contribution in [1.29, 1.82) is 0 Å². The van der Waals surface area contributed by atoms with Crippen LogP contribution in [0.2, 0.25) is 0 Å². The highest BCUT2D eigenvalue weighted by atomic mass is 16.2. The number of para-hydroxylation sites is 1. The van der Waals surface area contributed by atoms with Gasteiger partial charge in [-0.25, -0.2) is 4.79 Å². The topological polar surface area (TPSA) is 74.3 Å². The number of amides is 3. The number of anilines is 1. The second-order valence-electron chi connectivity index (χ2n) is 7.63. The van der Waals surface area contributed by atoms with Crippen molar-refractivity contribution in [1.82, 2.24) is 15.6 Å².